The number of aryl methyl sites for hydroxylation is 2. The number of sulfonamides is 1. The number of nitrogens with zero attached hydrogens (tertiary/aromatic N) is 1. The van der Waals surface area contributed by atoms with Crippen molar-refractivity contribution in [2.75, 3.05) is 13.2 Å². The fourth-order valence-corrected chi connectivity index (χ4v) is 3.39. The van der Waals surface area contributed by atoms with Crippen LogP contribution in [0.2, 0.25) is 0 Å². The molecule has 0 aliphatic rings. The van der Waals surface area contributed by atoms with Crippen LogP contribution in [-0.2, 0) is 19.6 Å². The molecule has 0 radical (unpaired) electrons. The Bertz CT molecular complexity index is 1060. The number of hydrazine groups is 1. The molecule has 3 N–H and O–H groups in total. The van der Waals surface area contributed by atoms with Crippen LogP contribution >= 0.6 is 0 Å². The SMILES string of the molecule is Cc1ccc(S(=O)(=O)NCCC(=O)NNC(=O)COc2ccc(C#N)cc2)cc1C. The first-order chi connectivity index (χ1) is 14.2. The summed E-state index contributed by atoms with van der Waals surface area (Å²) >= 11 is 0. The molecule has 0 bridgehead atoms. The maximum Gasteiger partial charge on any atom is 0.276 e. The van der Waals surface area contributed by atoms with Gasteiger partial charge in [0.15, 0.2) is 6.61 Å². The maximum atomic E-state index is 12.3. The number of benzene rings is 2. The summed E-state index contributed by atoms with van der Waals surface area (Å²) in [4.78, 5) is 23.6. The monoisotopic (exact) mass is 430 g/mol. The van der Waals surface area contributed by atoms with Gasteiger partial charge < -0.3 is 4.74 Å². The van der Waals surface area contributed by atoms with Crippen LogP contribution in [-0.4, -0.2) is 33.4 Å². The highest BCUT2D eigenvalue weighted by atomic mass is 32.2. The minimum atomic E-state index is -3.73. The summed E-state index contributed by atoms with van der Waals surface area (Å²) in [6.45, 7) is 3.23. The molecule has 0 aromatic heterocycles. The molecule has 0 unspecified atom stereocenters. The van der Waals surface area contributed by atoms with Crippen LogP contribution in [0.25, 0.3) is 0 Å². The van der Waals surface area contributed by atoms with Gasteiger partial charge in [-0.15, -0.1) is 0 Å². The zero-order valence-electron chi connectivity index (χ0n) is 16.6. The molecule has 158 valence electrons. The molecule has 2 amide bonds. The van der Waals surface area contributed by atoms with Crippen molar-refractivity contribution in [1.82, 2.24) is 15.6 Å². The maximum absolute atomic E-state index is 12.3. The van der Waals surface area contributed by atoms with E-state index in [-0.39, 0.29) is 24.5 Å². The number of ether oxygens (including phenoxy) is 1. The number of rotatable bonds is 8. The van der Waals surface area contributed by atoms with Gasteiger partial charge in [-0.3, -0.25) is 20.4 Å². The summed E-state index contributed by atoms with van der Waals surface area (Å²) in [5.41, 5.74) is 6.65. The zero-order chi connectivity index (χ0) is 22.1. The van der Waals surface area contributed by atoms with E-state index in [4.69, 9.17) is 10.00 Å². The lowest BCUT2D eigenvalue weighted by Gasteiger charge is -2.10. The molecule has 2 aromatic carbocycles. The van der Waals surface area contributed by atoms with Gasteiger partial charge in [-0.05, 0) is 61.4 Å². The van der Waals surface area contributed by atoms with Crippen LogP contribution < -0.4 is 20.3 Å². The van der Waals surface area contributed by atoms with Gasteiger partial charge >= 0.3 is 0 Å². The van der Waals surface area contributed by atoms with Crippen molar-refractivity contribution in [2.24, 2.45) is 0 Å². The van der Waals surface area contributed by atoms with Gasteiger partial charge in [0.1, 0.15) is 5.75 Å². The number of amides is 2. The number of carbonyl (C=O) groups excluding carboxylic acids is 2. The fraction of sp³-hybridized carbons (Fsp3) is 0.250. The lowest BCUT2D eigenvalue weighted by molar-refractivity contribution is -0.129. The minimum Gasteiger partial charge on any atom is -0.484 e. The Hall–Kier alpha value is -3.42. The molecule has 0 aliphatic heterocycles. The van der Waals surface area contributed by atoms with Crippen molar-refractivity contribution in [3.8, 4) is 11.8 Å². The predicted octanol–water partition coefficient (Wildman–Crippen LogP) is 1.07. The normalized spacial score (nSPS) is 10.7. The summed E-state index contributed by atoms with van der Waals surface area (Å²) in [5, 5.41) is 8.72. The second-order valence-electron chi connectivity index (χ2n) is 6.42. The van der Waals surface area contributed by atoms with Gasteiger partial charge in [-0.2, -0.15) is 5.26 Å². The van der Waals surface area contributed by atoms with Gasteiger partial charge in [-0.25, -0.2) is 13.1 Å². The lowest BCUT2D eigenvalue weighted by Crippen LogP contribution is -2.44. The van der Waals surface area contributed by atoms with E-state index >= 15 is 0 Å². The molecule has 0 fully saturated rings. The number of hydrogen-bond acceptors (Lipinski definition) is 6. The van der Waals surface area contributed by atoms with E-state index in [0.717, 1.165) is 11.1 Å². The van der Waals surface area contributed by atoms with Gasteiger partial charge in [-0.1, -0.05) is 6.07 Å². The van der Waals surface area contributed by atoms with Gasteiger partial charge in [0.25, 0.3) is 5.91 Å². The van der Waals surface area contributed by atoms with Crippen molar-refractivity contribution in [1.29, 1.82) is 5.26 Å². The molecular formula is C20H22N4O5S. The highest BCUT2D eigenvalue weighted by molar-refractivity contribution is 7.89. The highest BCUT2D eigenvalue weighted by Gasteiger charge is 2.15. The molecule has 2 rings (SSSR count). The Morgan fingerprint density at radius 3 is 2.30 bits per heavy atom. The van der Waals surface area contributed by atoms with Crippen molar-refractivity contribution in [3.05, 3.63) is 59.2 Å². The highest BCUT2D eigenvalue weighted by Crippen LogP contribution is 2.14. The third-order valence-electron chi connectivity index (χ3n) is 4.13. The van der Waals surface area contributed by atoms with Gasteiger partial charge in [0, 0.05) is 13.0 Å². The summed E-state index contributed by atoms with van der Waals surface area (Å²) in [6.07, 6.45) is -0.166. The summed E-state index contributed by atoms with van der Waals surface area (Å²) in [7, 11) is -3.73. The van der Waals surface area contributed by atoms with E-state index in [1.54, 1.807) is 36.4 Å². The van der Waals surface area contributed by atoms with Crippen molar-refractivity contribution in [3.63, 3.8) is 0 Å². The Labute approximate surface area is 175 Å². The molecule has 30 heavy (non-hydrogen) atoms. The largest absolute Gasteiger partial charge is 0.484 e. The second kappa shape index (κ2) is 10.4. The Morgan fingerprint density at radius 1 is 1.00 bits per heavy atom. The van der Waals surface area contributed by atoms with E-state index < -0.39 is 21.8 Å². The van der Waals surface area contributed by atoms with Gasteiger partial charge in [0.2, 0.25) is 15.9 Å². The molecule has 0 heterocycles. The Kier molecular flexibility index (Phi) is 7.91. The van der Waals surface area contributed by atoms with Crippen LogP contribution in [0, 0.1) is 25.2 Å². The van der Waals surface area contributed by atoms with Gasteiger partial charge in [0.05, 0.1) is 16.5 Å². The van der Waals surface area contributed by atoms with Crippen LogP contribution in [0.15, 0.2) is 47.4 Å². The van der Waals surface area contributed by atoms with E-state index in [2.05, 4.69) is 15.6 Å². The Balaban J connectivity index is 1.70. The summed E-state index contributed by atoms with van der Waals surface area (Å²) < 4.78 is 32.1. The molecular weight excluding hydrogens is 408 g/mol. The van der Waals surface area contributed by atoms with Crippen LogP contribution in [0.1, 0.15) is 23.1 Å². The molecule has 0 aliphatic carbocycles. The number of hydrogen-bond donors (Lipinski definition) is 3. The summed E-state index contributed by atoms with van der Waals surface area (Å²) in [5.74, 6) is -0.760. The minimum absolute atomic E-state index is 0.124. The van der Waals surface area contributed by atoms with Crippen LogP contribution in [0.4, 0.5) is 0 Å². The quantitative estimate of drug-likeness (QED) is 0.536. The lowest BCUT2D eigenvalue weighted by atomic mass is 10.1. The molecule has 0 saturated heterocycles. The second-order valence-corrected chi connectivity index (χ2v) is 8.18. The first-order valence-electron chi connectivity index (χ1n) is 8.99. The molecule has 0 spiro atoms. The van der Waals surface area contributed by atoms with Crippen molar-refractivity contribution in [2.45, 2.75) is 25.2 Å². The van der Waals surface area contributed by atoms with Crippen LogP contribution in [0.5, 0.6) is 5.75 Å². The van der Waals surface area contributed by atoms with E-state index in [9.17, 15) is 18.0 Å². The molecule has 10 heteroatoms. The smallest absolute Gasteiger partial charge is 0.276 e. The van der Waals surface area contributed by atoms with E-state index in [1.165, 1.54) is 6.07 Å². The molecule has 9 nitrogen and oxygen atoms in total. The van der Waals surface area contributed by atoms with Crippen LogP contribution in [0.3, 0.4) is 0 Å². The third kappa shape index (κ3) is 6.88. The first-order valence-corrected chi connectivity index (χ1v) is 10.5. The Morgan fingerprint density at radius 2 is 1.67 bits per heavy atom. The molecule has 0 atom stereocenters. The first kappa shape index (κ1) is 22.9. The molecule has 0 saturated carbocycles. The summed E-state index contributed by atoms with van der Waals surface area (Å²) in [6, 6.07) is 12.9. The number of nitriles is 1. The number of nitrogens with one attached hydrogen (secondary N) is 3. The van der Waals surface area contributed by atoms with E-state index in [0.29, 0.717) is 11.3 Å². The van der Waals surface area contributed by atoms with Crippen molar-refractivity contribution >= 4 is 21.8 Å². The van der Waals surface area contributed by atoms with E-state index in [1.807, 2.05) is 19.9 Å². The average molecular weight is 430 g/mol. The number of carbonyl (C=O) groups is 2. The third-order valence-corrected chi connectivity index (χ3v) is 5.59. The standard InChI is InChI=1S/C20H22N4O5S/c1-14-3-8-18(11-15(14)2)30(27,28)22-10-9-19(25)23-24-20(26)13-29-17-6-4-16(12-21)5-7-17/h3-8,11,22H,9-10,13H2,1-2H3,(H,23,25)(H,24,26). The average Bonchev–Trinajstić information content (AvgIpc) is 2.72. The molecule has 2 aromatic rings. The van der Waals surface area contributed by atoms with Crippen molar-refractivity contribution < 1.29 is 22.7 Å². The fourth-order valence-electron chi connectivity index (χ4n) is 2.28. The zero-order valence-corrected chi connectivity index (χ0v) is 17.4. The topological polar surface area (TPSA) is 137 Å². The predicted molar refractivity (Wildman–Crippen MR) is 109 cm³/mol.